The molecule has 2 aromatic rings. The summed E-state index contributed by atoms with van der Waals surface area (Å²) in [5.74, 6) is -0.185. The molecule has 4 heteroatoms. The van der Waals surface area contributed by atoms with Crippen molar-refractivity contribution in [1.29, 1.82) is 0 Å². The van der Waals surface area contributed by atoms with Crippen molar-refractivity contribution in [1.82, 2.24) is 4.90 Å². The highest BCUT2D eigenvalue weighted by molar-refractivity contribution is 5.71. The fraction of sp³-hybridized carbons (Fsp3) is 0.350. The first kappa shape index (κ1) is 16.7. The molecule has 4 nitrogen and oxygen atoms in total. The molecule has 1 heterocycles. The van der Waals surface area contributed by atoms with Gasteiger partial charge in [0.25, 0.3) is 0 Å². The Hall–Kier alpha value is -2.17. The molecule has 3 rings (SSSR count). The first-order chi connectivity index (χ1) is 11.8. The number of hydrogen-bond donors (Lipinski definition) is 0. The third-order valence-corrected chi connectivity index (χ3v) is 4.18. The van der Waals surface area contributed by atoms with Gasteiger partial charge in [-0.05, 0) is 23.6 Å². The highest BCUT2D eigenvalue weighted by atomic mass is 16.5. The van der Waals surface area contributed by atoms with Crippen molar-refractivity contribution >= 4 is 5.97 Å². The zero-order valence-corrected chi connectivity index (χ0v) is 14.0. The van der Waals surface area contributed by atoms with E-state index in [2.05, 4.69) is 29.2 Å². The van der Waals surface area contributed by atoms with Gasteiger partial charge in [-0.25, -0.2) is 0 Å². The van der Waals surface area contributed by atoms with E-state index in [0.29, 0.717) is 26.3 Å². The zero-order valence-electron chi connectivity index (χ0n) is 14.0. The van der Waals surface area contributed by atoms with Crippen LogP contribution in [-0.2, 0) is 20.8 Å². The highest BCUT2D eigenvalue weighted by Gasteiger charge is 2.23. The molecular weight excluding hydrogens is 302 g/mol. The summed E-state index contributed by atoms with van der Waals surface area (Å²) in [7, 11) is 0. The molecule has 0 saturated carbocycles. The average molecular weight is 325 g/mol. The van der Waals surface area contributed by atoms with Crippen LogP contribution in [0.5, 0.6) is 0 Å². The van der Waals surface area contributed by atoms with Crippen molar-refractivity contribution < 1.29 is 14.3 Å². The van der Waals surface area contributed by atoms with Crippen molar-refractivity contribution in [3.05, 3.63) is 71.3 Å². The summed E-state index contributed by atoms with van der Waals surface area (Å²) in [6.45, 7) is 4.54. The van der Waals surface area contributed by atoms with E-state index in [9.17, 15) is 4.79 Å². The molecule has 2 aromatic carbocycles. The Kier molecular flexibility index (Phi) is 5.62. The van der Waals surface area contributed by atoms with Crippen molar-refractivity contribution in [2.24, 2.45) is 0 Å². The minimum Gasteiger partial charge on any atom is -0.465 e. The van der Waals surface area contributed by atoms with Gasteiger partial charge in [0.2, 0.25) is 0 Å². The fourth-order valence-electron chi connectivity index (χ4n) is 3.07. The van der Waals surface area contributed by atoms with E-state index in [0.717, 1.165) is 17.7 Å². The molecule has 0 radical (unpaired) electrons. The second-order valence-corrected chi connectivity index (χ2v) is 5.88. The Morgan fingerprint density at radius 2 is 1.92 bits per heavy atom. The zero-order chi connectivity index (χ0) is 16.8. The van der Waals surface area contributed by atoms with Crippen molar-refractivity contribution in [3.63, 3.8) is 0 Å². The van der Waals surface area contributed by atoms with Gasteiger partial charge in [-0.2, -0.15) is 0 Å². The molecule has 0 bridgehead atoms. The second kappa shape index (κ2) is 8.08. The fourth-order valence-corrected chi connectivity index (χ4v) is 3.07. The highest BCUT2D eigenvalue weighted by Crippen LogP contribution is 2.30. The quantitative estimate of drug-likeness (QED) is 0.810. The summed E-state index contributed by atoms with van der Waals surface area (Å²) in [4.78, 5) is 13.9. The molecule has 1 unspecified atom stereocenters. The maximum atomic E-state index is 11.8. The second-order valence-electron chi connectivity index (χ2n) is 5.88. The minimum absolute atomic E-state index is 0.0628. The minimum atomic E-state index is -0.185. The lowest BCUT2D eigenvalue weighted by atomic mass is 9.95. The maximum absolute atomic E-state index is 11.8. The van der Waals surface area contributed by atoms with Crippen LogP contribution in [0.15, 0.2) is 54.6 Å². The lowest BCUT2D eigenvalue weighted by molar-refractivity contribution is -0.144. The summed E-state index contributed by atoms with van der Waals surface area (Å²) >= 11 is 0. The van der Waals surface area contributed by atoms with E-state index in [1.54, 1.807) is 0 Å². The van der Waals surface area contributed by atoms with E-state index < -0.39 is 0 Å². The van der Waals surface area contributed by atoms with Crippen LogP contribution in [0.3, 0.4) is 0 Å². The first-order valence-electron chi connectivity index (χ1n) is 8.40. The standard InChI is InChI=1S/C20H23NO3/c1-2-23-19(22)15-21-12-13-24-20(16-8-4-3-5-9-16)18-11-7-6-10-17(18)14-21/h3-11,20H,2,12-15H2,1H3. The average Bonchev–Trinajstić information content (AvgIpc) is 2.58. The molecule has 0 aromatic heterocycles. The molecule has 0 saturated heterocycles. The van der Waals surface area contributed by atoms with Crippen LogP contribution in [0.1, 0.15) is 29.7 Å². The smallest absolute Gasteiger partial charge is 0.320 e. The number of carbonyl (C=O) groups excluding carboxylic acids is 1. The van der Waals surface area contributed by atoms with Crippen LogP contribution in [0, 0.1) is 0 Å². The van der Waals surface area contributed by atoms with Crippen LogP contribution in [-0.4, -0.2) is 37.2 Å². The molecule has 126 valence electrons. The van der Waals surface area contributed by atoms with E-state index >= 15 is 0 Å². The topological polar surface area (TPSA) is 38.8 Å². The molecule has 0 amide bonds. The van der Waals surface area contributed by atoms with E-state index in [4.69, 9.17) is 9.47 Å². The van der Waals surface area contributed by atoms with E-state index in [1.807, 2.05) is 37.3 Å². The normalized spacial score (nSPS) is 18.3. The third kappa shape index (κ3) is 4.02. The van der Waals surface area contributed by atoms with Crippen LogP contribution < -0.4 is 0 Å². The Morgan fingerprint density at radius 1 is 1.17 bits per heavy atom. The van der Waals surface area contributed by atoms with Crippen LogP contribution in [0.4, 0.5) is 0 Å². The Morgan fingerprint density at radius 3 is 2.71 bits per heavy atom. The largest absolute Gasteiger partial charge is 0.465 e. The summed E-state index contributed by atoms with van der Waals surface area (Å²) in [6.07, 6.45) is -0.0628. The molecule has 1 aliphatic rings. The van der Waals surface area contributed by atoms with Gasteiger partial charge in [-0.1, -0.05) is 54.6 Å². The van der Waals surface area contributed by atoms with Crippen molar-refractivity contribution in [3.8, 4) is 0 Å². The Balaban J connectivity index is 1.84. The Labute approximate surface area is 143 Å². The number of nitrogens with zero attached hydrogens (tertiary/aromatic N) is 1. The first-order valence-corrected chi connectivity index (χ1v) is 8.40. The molecule has 0 aliphatic carbocycles. The lowest BCUT2D eigenvalue weighted by Crippen LogP contribution is -2.35. The summed E-state index contributed by atoms with van der Waals surface area (Å²) < 4.78 is 11.2. The maximum Gasteiger partial charge on any atom is 0.320 e. The van der Waals surface area contributed by atoms with E-state index in [-0.39, 0.29) is 12.1 Å². The van der Waals surface area contributed by atoms with Crippen LogP contribution in [0.25, 0.3) is 0 Å². The van der Waals surface area contributed by atoms with Gasteiger partial charge in [0.05, 0.1) is 19.8 Å². The molecular formula is C20H23NO3. The van der Waals surface area contributed by atoms with Crippen molar-refractivity contribution in [2.45, 2.75) is 19.6 Å². The Bertz CT molecular complexity index is 672. The van der Waals surface area contributed by atoms with Gasteiger partial charge in [0.15, 0.2) is 0 Å². The number of fused-ring (bicyclic) bond motifs is 1. The van der Waals surface area contributed by atoms with Gasteiger partial charge >= 0.3 is 5.97 Å². The lowest BCUT2D eigenvalue weighted by Gasteiger charge is -2.30. The molecule has 0 spiro atoms. The number of ether oxygens (including phenoxy) is 2. The SMILES string of the molecule is CCOC(=O)CN1CCOC(c2ccccc2)c2ccccc2C1. The number of esters is 1. The van der Waals surface area contributed by atoms with Gasteiger partial charge in [-0.3, -0.25) is 9.69 Å². The number of hydrogen-bond acceptors (Lipinski definition) is 4. The predicted octanol–water partition coefficient (Wildman–Crippen LogP) is 3.17. The summed E-state index contributed by atoms with van der Waals surface area (Å²) in [5.41, 5.74) is 3.51. The molecule has 0 fully saturated rings. The molecule has 24 heavy (non-hydrogen) atoms. The molecule has 1 aliphatic heterocycles. The monoisotopic (exact) mass is 325 g/mol. The van der Waals surface area contributed by atoms with Crippen LogP contribution >= 0.6 is 0 Å². The van der Waals surface area contributed by atoms with Gasteiger partial charge < -0.3 is 9.47 Å². The molecule has 0 N–H and O–H groups in total. The predicted molar refractivity (Wildman–Crippen MR) is 92.6 cm³/mol. The van der Waals surface area contributed by atoms with Gasteiger partial charge in [-0.15, -0.1) is 0 Å². The number of benzene rings is 2. The van der Waals surface area contributed by atoms with E-state index in [1.165, 1.54) is 5.56 Å². The number of carbonyl (C=O) groups is 1. The van der Waals surface area contributed by atoms with Gasteiger partial charge in [0.1, 0.15) is 6.10 Å². The van der Waals surface area contributed by atoms with Crippen molar-refractivity contribution in [2.75, 3.05) is 26.3 Å². The van der Waals surface area contributed by atoms with Gasteiger partial charge in [0, 0.05) is 13.1 Å². The molecule has 1 atom stereocenters. The summed E-state index contributed by atoms with van der Waals surface area (Å²) in [6, 6.07) is 18.6. The number of rotatable bonds is 4. The summed E-state index contributed by atoms with van der Waals surface area (Å²) in [5, 5.41) is 0. The van der Waals surface area contributed by atoms with Crippen LogP contribution in [0.2, 0.25) is 0 Å². The third-order valence-electron chi connectivity index (χ3n) is 4.18.